The Morgan fingerprint density at radius 1 is 1.00 bits per heavy atom. The number of fused-ring (bicyclic) bond motifs is 1. The molecule has 0 spiro atoms. The van der Waals surface area contributed by atoms with Crippen molar-refractivity contribution in [2.75, 3.05) is 24.5 Å². The van der Waals surface area contributed by atoms with E-state index in [2.05, 4.69) is 14.8 Å². The molecule has 0 bridgehead atoms. The number of halogens is 3. The summed E-state index contributed by atoms with van der Waals surface area (Å²) < 4.78 is 40.2. The molecular weight excluding hydrogens is 327 g/mol. The summed E-state index contributed by atoms with van der Waals surface area (Å²) in [6.45, 7) is 3.10. The molecule has 3 nitrogen and oxygen atoms in total. The maximum atomic E-state index is 14.0. The topological polar surface area (TPSA) is 19.4 Å². The number of aromatic nitrogens is 1. The third-order valence-electron chi connectivity index (χ3n) is 5.40. The van der Waals surface area contributed by atoms with E-state index in [0.29, 0.717) is 24.1 Å². The molecule has 132 valence electrons. The Morgan fingerprint density at radius 2 is 1.80 bits per heavy atom. The second kappa shape index (κ2) is 6.67. The molecule has 0 amide bonds. The Kier molecular flexibility index (Phi) is 4.37. The molecule has 2 saturated heterocycles. The Balaban J connectivity index is 1.49. The molecule has 0 N–H and O–H groups in total. The molecule has 2 aromatic rings. The molecule has 2 aliphatic rings. The predicted octanol–water partition coefficient (Wildman–Crippen LogP) is 3.60. The highest BCUT2D eigenvalue weighted by Gasteiger charge is 2.38. The van der Waals surface area contributed by atoms with Crippen LogP contribution in [-0.4, -0.2) is 35.6 Å². The van der Waals surface area contributed by atoms with Gasteiger partial charge in [-0.2, -0.15) is 0 Å². The average Bonchev–Trinajstić information content (AvgIpc) is 3.00. The van der Waals surface area contributed by atoms with E-state index in [9.17, 15) is 13.2 Å². The van der Waals surface area contributed by atoms with Crippen LogP contribution in [0.15, 0.2) is 36.5 Å². The van der Waals surface area contributed by atoms with E-state index in [0.717, 1.165) is 44.4 Å². The van der Waals surface area contributed by atoms with Gasteiger partial charge in [-0.05, 0) is 43.5 Å². The van der Waals surface area contributed by atoms with Crippen LogP contribution in [0.1, 0.15) is 18.4 Å². The second-order valence-electron chi connectivity index (χ2n) is 6.89. The quantitative estimate of drug-likeness (QED) is 0.846. The van der Waals surface area contributed by atoms with Gasteiger partial charge in [-0.15, -0.1) is 0 Å². The van der Waals surface area contributed by atoms with Crippen molar-refractivity contribution in [2.24, 2.45) is 5.92 Å². The molecular formula is C19H20F3N3. The Hall–Kier alpha value is -2.08. The number of hydrogen-bond acceptors (Lipinski definition) is 3. The summed E-state index contributed by atoms with van der Waals surface area (Å²) in [5.74, 6) is -0.0177. The van der Waals surface area contributed by atoms with Crippen LogP contribution in [0.25, 0.3) is 0 Å². The molecule has 3 heterocycles. The predicted molar refractivity (Wildman–Crippen MR) is 89.7 cm³/mol. The number of benzene rings is 1. The van der Waals surface area contributed by atoms with E-state index in [4.69, 9.17) is 0 Å². The molecule has 0 saturated carbocycles. The number of pyridine rings is 1. The zero-order valence-electron chi connectivity index (χ0n) is 13.8. The number of rotatable bonds is 3. The Morgan fingerprint density at radius 3 is 2.56 bits per heavy atom. The summed E-state index contributed by atoms with van der Waals surface area (Å²) >= 11 is 0. The third kappa shape index (κ3) is 3.35. The fourth-order valence-electron chi connectivity index (χ4n) is 4.06. The van der Waals surface area contributed by atoms with Crippen molar-refractivity contribution < 1.29 is 13.2 Å². The number of anilines is 1. The van der Waals surface area contributed by atoms with E-state index in [1.165, 1.54) is 24.4 Å². The molecule has 4 rings (SSSR count). The first-order valence-electron chi connectivity index (χ1n) is 8.64. The zero-order chi connectivity index (χ0) is 17.4. The minimum absolute atomic E-state index is 0.310. The van der Waals surface area contributed by atoms with Crippen LogP contribution in [0.3, 0.4) is 0 Å². The van der Waals surface area contributed by atoms with Crippen LogP contribution < -0.4 is 4.90 Å². The lowest BCUT2D eigenvalue weighted by Crippen LogP contribution is -2.48. The fourth-order valence-corrected chi connectivity index (χ4v) is 4.06. The molecule has 1 aromatic heterocycles. The molecule has 25 heavy (non-hydrogen) atoms. The highest BCUT2D eigenvalue weighted by atomic mass is 19.1. The standard InChI is InChI=1S/C19H20F3N3/c20-15-2-1-14(17(22)9-15)11-24-7-5-13-6-8-25(12-18(13)24)19-4-3-16(21)10-23-19/h1-4,9-10,13,18H,5-8,11-12H2. The minimum atomic E-state index is -0.549. The SMILES string of the molecule is Fc1ccc(N2CCC3CCN(Cc4ccc(F)cc4F)C3C2)nc1. The lowest BCUT2D eigenvalue weighted by molar-refractivity contribution is 0.198. The largest absolute Gasteiger partial charge is 0.355 e. The van der Waals surface area contributed by atoms with Gasteiger partial charge < -0.3 is 4.90 Å². The van der Waals surface area contributed by atoms with Crippen molar-refractivity contribution in [3.8, 4) is 0 Å². The van der Waals surface area contributed by atoms with Crippen LogP contribution in [0, 0.1) is 23.4 Å². The summed E-state index contributed by atoms with van der Waals surface area (Å²) in [6, 6.07) is 7.22. The summed E-state index contributed by atoms with van der Waals surface area (Å²) in [5, 5.41) is 0. The summed E-state index contributed by atoms with van der Waals surface area (Å²) in [7, 11) is 0. The normalized spacial score (nSPS) is 23.7. The van der Waals surface area contributed by atoms with E-state index in [1.54, 1.807) is 6.07 Å². The molecule has 2 aliphatic heterocycles. The van der Waals surface area contributed by atoms with Gasteiger partial charge in [0.05, 0.1) is 6.20 Å². The Bertz CT molecular complexity index is 750. The maximum absolute atomic E-state index is 14.0. The molecule has 0 radical (unpaired) electrons. The van der Waals surface area contributed by atoms with Gasteiger partial charge in [0.2, 0.25) is 0 Å². The van der Waals surface area contributed by atoms with Crippen LogP contribution in [0.5, 0.6) is 0 Å². The lowest BCUT2D eigenvalue weighted by Gasteiger charge is -2.39. The number of nitrogens with zero attached hydrogens (tertiary/aromatic N) is 3. The summed E-state index contributed by atoms with van der Waals surface area (Å²) in [4.78, 5) is 8.62. The zero-order valence-corrected chi connectivity index (χ0v) is 13.8. The first-order chi connectivity index (χ1) is 12.1. The molecule has 2 unspecified atom stereocenters. The average molecular weight is 347 g/mol. The van der Waals surface area contributed by atoms with Crippen LogP contribution in [-0.2, 0) is 6.54 Å². The van der Waals surface area contributed by atoms with E-state index < -0.39 is 11.6 Å². The van der Waals surface area contributed by atoms with Crippen molar-refractivity contribution in [2.45, 2.75) is 25.4 Å². The molecule has 6 heteroatoms. The summed E-state index contributed by atoms with van der Waals surface area (Å²) in [6.07, 6.45) is 3.38. The van der Waals surface area contributed by atoms with Crippen molar-refractivity contribution in [3.05, 3.63) is 59.5 Å². The highest BCUT2D eigenvalue weighted by Crippen LogP contribution is 2.34. The Labute approximate surface area is 145 Å². The van der Waals surface area contributed by atoms with Gasteiger partial charge in [-0.3, -0.25) is 4.90 Å². The first kappa shape index (κ1) is 16.4. The van der Waals surface area contributed by atoms with E-state index >= 15 is 0 Å². The first-order valence-corrected chi connectivity index (χ1v) is 8.64. The van der Waals surface area contributed by atoms with Gasteiger partial charge in [0.15, 0.2) is 0 Å². The highest BCUT2D eigenvalue weighted by molar-refractivity contribution is 5.39. The fraction of sp³-hybridized carbons (Fsp3) is 0.421. The molecule has 1 aromatic carbocycles. The van der Waals surface area contributed by atoms with Gasteiger partial charge in [-0.1, -0.05) is 6.07 Å². The van der Waals surface area contributed by atoms with Crippen molar-refractivity contribution in [3.63, 3.8) is 0 Å². The molecule has 0 aliphatic carbocycles. The van der Waals surface area contributed by atoms with Crippen LogP contribution in [0.4, 0.5) is 19.0 Å². The van der Waals surface area contributed by atoms with Gasteiger partial charge >= 0.3 is 0 Å². The van der Waals surface area contributed by atoms with Gasteiger partial charge in [0.1, 0.15) is 23.3 Å². The maximum Gasteiger partial charge on any atom is 0.141 e. The molecule has 2 atom stereocenters. The van der Waals surface area contributed by atoms with E-state index in [1.807, 2.05) is 0 Å². The summed E-state index contributed by atoms with van der Waals surface area (Å²) in [5.41, 5.74) is 0.527. The third-order valence-corrected chi connectivity index (χ3v) is 5.40. The number of piperidine rings is 1. The van der Waals surface area contributed by atoms with Gasteiger partial charge in [-0.25, -0.2) is 18.2 Å². The van der Waals surface area contributed by atoms with Crippen molar-refractivity contribution in [1.29, 1.82) is 0 Å². The number of hydrogen-bond donors (Lipinski definition) is 0. The lowest BCUT2D eigenvalue weighted by atomic mass is 9.92. The van der Waals surface area contributed by atoms with Crippen molar-refractivity contribution >= 4 is 5.82 Å². The van der Waals surface area contributed by atoms with Crippen LogP contribution >= 0.6 is 0 Å². The van der Waals surface area contributed by atoms with Crippen LogP contribution in [0.2, 0.25) is 0 Å². The van der Waals surface area contributed by atoms with Crippen molar-refractivity contribution in [1.82, 2.24) is 9.88 Å². The van der Waals surface area contributed by atoms with Gasteiger partial charge in [0, 0.05) is 37.3 Å². The smallest absolute Gasteiger partial charge is 0.141 e. The minimum Gasteiger partial charge on any atom is -0.355 e. The second-order valence-corrected chi connectivity index (χ2v) is 6.89. The van der Waals surface area contributed by atoms with E-state index in [-0.39, 0.29) is 5.82 Å². The monoisotopic (exact) mass is 347 g/mol. The molecule has 2 fully saturated rings. The number of likely N-dealkylation sites (tertiary alicyclic amines) is 1. The van der Waals surface area contributed by atoms with Gasteiger partial charge in [0.25, 0.3) is 0 Å².